The van der Waals surface area contributed by atoms with Crippen LogP contribution in [0.4, 0.5) is 0 Å². The zero-order valence-corrected chi connectivity index (χ0v) is 24.5. The fourth-order valence-corrected chi connectivity index (χ4v) is 7.37. The van der Waals surface area contributed by atoms with Gasteiger partial charge in [-0.1, -0.05) is 66.4 Å². The number of benzene rings is 3. The fourth-order valence-electron chi connectivity index (χ4n) is 5.19. The smallest absolute Gasteiger partial charge is 0.357 e. The van der Waals surface area contributed by atoms with Gasteiger partial charge in [0.2, 0.25) is 5.91 Å². The minimum absolute atomic E-state index is 0.0306. The van der Waals surface area contributed by atoms with Gasteiger partial charge in [-0.2, -0.15) is 13.5 Å². The predicted octanol–water partition coefficient (Wildman–Crippen LogP) is 5.03. The molecule has 0 unspecified atom stereocenters. The van der Waals surface area contributed by atoms with Crippen LogP contribution in [-0.4, -0.2) is 52.5 Å². The maximum atomic E-state index is 13.4. The van der Waals surface area contributed by atoms with E-state index in [-0.39, 0.29) is 29.1 Å². The number of hydrogen-bond donors (Lipinski definition) is 0. The van der Waals surface area contributed by atoms with E-state index >= 15 is 0 Å². The van der Waals surface area contributed by atoms with Crippen molar-refractivity contribution in [2.75, 3.05) is 12.4 Å². The van der Waals surface area contributed by atoms with Gasteiger partial charge in [0.1, 0.15) is 0 Å². The SMILES string of the molecule is CCOC(=O)c1c2c(nn1-c1ccc(S(=O)(=O)/N=C3\SCCC(=O)N3Cc3ccccc3)cc1)-c1ccccc1CC2. The van der Waals surface area contributed by atoms with Crippen LogP contribution in [0, 0.1) is 0 Å². The summed E-state index contributed by atoms with van der Waals surface area (Å²) in [5.74, 6) is -0.190. The molecular weight excluding hydrogens is 572 g/mol. The standard InChI is InChI=1S/C31H28N4O5S2/c1-2-40-30(37)29-26-17-12-22-10-6-7-11-25(22)28(26)32-35(29)23-13-15-24(16-14-23)42(38,39)33-31-34(27(36)18-19-41-31)20-21-8-4-3-5-9-21/h3-11,13-16H,2,12,17-20H2,1H3/b33-31-. The van der Waals surface area contributed by atoms with Gasteiger partial charge in [-0.25, -0.2) is 9.48 Å². The third-order valence-electron chi connectivity index (χ3n) is 7.21. The quantitative estimate of drug-likeness (QED) is 0.274. The molecule has 1 amide bonds. The molecule has 1 aromatic heterocycles. The third-order valence-corrected chi connectivity index (χ3v) is 9.58. The number of amidine groups is 1. The van der Waals surface area contributed by atoms with Gasteiger partial charge in [0.05, 0.1) is 29.4 Å². The van der Waals surface area contributed by atoms with Crippen LogP contribution in [0.3, 0.4) is 0 Å². The Morgan fingerprint density at radius 1 is 0.976 bits per heavy atom. The molecule has 3 aromatic carbocycles. The monoisotopic (exact) mass is 600 g/mol. The lowest BCUT2D eigenvalue weighted by atomic mass is 9.89. The van der Waals surface area contributed by atoms with Crippen LogP contribution >= 0.6 is 11.8 Å². The van der Waals surface area contributed by atoms with Crippen molar-refractivity contribution < 1.29 is 22.7 Å². The highest BCUT2D eigenvalue weighted by Crippen LogP contribution is 2.36. The summed E-state index contributed by atoms with van der Waals surface area (Å²) >= 11 is 1.25. The van der Waals surface area contributed by atoms with E-state index in [2.05, 4.69) is 10.5 Å². The minimum atomic E-state index is -4.13. The van der Waals surface area contributed by atoms with E-state index in [1.54, 1.807) is 19.1 Å². The van der Waals surface area contributed by atoms with Crippen molar-refractivity contribution in [1.82, 2.24) is 14.7 Å². The molecule has 2 aliphatic rings. The summed E-state index contributed by atoms with van der Waals surface area (Å²) in [6.07, 6.45) is 1.73. The first-order chi connectivity index (χ1) is 20.4. The number of hydrogen-bond acceptors (Lipinski definition) is 7. The second-order valence-corrected chi connectivity index (χ2v) is 12.5. The number of ether oxygens (including phenoxy) is 1. The molecule has 9 nitrogen and oxygen atoms in total. The highest BCUT2D eigenvalue weighted by atomic mass is 32.2. The van der Waals surface area contributed by atoms with Crippen LogP contribution in [0.2, 0.25) is 0 Å². The van der Waals surface area contributed by atoms with Crippen molar-refractivity contribution in [2.45, 2.75) is 37.6 Å². The summed E-state index contributed by atoms with van der Waals surface area (Å²) in [5, 5.41) is 4.96. The summed E-state index contributed by atoms with van der Waals surface area (Å²) in [5.41, 5.74) is 5.40. The maximum absolute atomic E-state index is 13.4. The summed E-state index contributed by atoms with van der Waals surface area (Å²) in [6, 6.07) is 23.4. The Bertz CT molecular complexity index is 1800. The average molecular weight is 601 g/mol. The van der Waals surface area contributed by atoms with Gasteiger partial charge >= 0.3 is 5.97 Å². The normalized spacial score (nSPS) is 15.8. The third kappa shape index (κ3) is 5.37. The first-order valence-electron chi connectivity index (χ1n) is 13.7. The van der Waals surface area contributed by atoms with Crippen LogP contribution in [0.5, 0.6) is 0 Å². The lowest BCUT2D eigenvalue weighted by Gasteiger charge is -2.27. The Kier molecular flexibility index (Phi) is 7.70. The first-order valence-corrected chi connectivity index (χ1v) is 16.1. The molecule has 1 fully saturated rings. The van der Waals surface area contributed by atoms with E-state index in [1.165, 1.54) is 33.5 Å². The molecule has 6 rings (SSSR count). The molecule has 1 saturated heterocycles. The van der Waals surface area contributed by atoms with E-state index in [9.17, 15) is 18.0 Å². The van der Waals surface area contributed by atoms with E-state index in [1.807, 2.05) is 48.5 Å². The molecule has 214 valence electrons. The lowest BCUT2D eigenvalue weighted by Crippen LogP contribution is -2.39. The minimum Gasteiger partial charge on any atom is -0.461 e. The maximum Gasteiger partial charge on any atom is 0.357 e. The topological polar surface area (TPSA) is 111 Å². The van der Waals surface area contributed by atoms with Gasteiger partial charge in [-0.3, -0.25) is 9.69 Å². The highest BCUT2D eigenvalue weighted by molar-refractivity contribution is 8.14. The van der Waals surface area contributed by atoms with Crippen molar-refractivity contribution >= 4 is 38.8 Å². The number of aromatic nitrogens is 2. The Morgan fingerprint density at radius 2 is 1.71 bits per heavy atom. The molecule has 0 atom stereocenters. The number of carbonyl (C=O) groups is 2. The van der Waals surface area contributed by atoms with Gasteiger partial charge < -0.3 is 4.74 Å². The summed E-state index contributed by atoms with van der Waals surface area (Å²) in [6.45, 7) is 2.21. The van der Waals surface area contributed by atoms with Crippen molar-refractivity contribution in [3.8, 4) is 16.9 Å². The van der Waals surface area contributed by atoms with E-state index in [0.29, 0.717) is 30.0 Å². The number of nitrogens with zero attached hydrogens (tertiary/aromatic N) is 4. The van der Waals surface area contributed by atoms with Crippen molar-refractivity contribution in [3.05, 3.63) is 101 Å². The number of amides is 1. The summed E-state index contributed by atoms with van der Waals surface area (Å²) in [7, 11) is -4.13. The van der Waals surface area contributed by atoms with Gasteiger partial charge in [-0.15, -0.1) is 4.40 Å². The average Bonchev–Trinajstić information content (AvgIpc) is 3.40. The molecule has 0 spiro atoms. The number of rotatable bonds is 7. The van der Waals surface area contributed by atoms with Crippen molar-refractivity contribution in [3.63, 3.8) is 0 Å². The van der Waals surface area contributed by atoms with Crippen LogP contribution in [-0.2, 0) is 38.9 Å². The molecule has 11 heteroatoms. The molecular formula is C31H28N4O5S2. The summed E-state index contributed by atoms with van der Waals surface area (Å²) in [4.78, 5) is 27.2. The largest absolute Gasteiger partial charge is 0.461 e. The highest BCUT2D eigenvalue weighted by Gasteiger charge is 2.31. The van der Waals surface area contributed by atoms with Crippen molar-refractivity contribution in [2.24, 2.45) is 4.40 Å². The first kappa shape index (κ1) is 27.9. The molecule has 0 N–H and O–H groups in total. The molecule has 1 aliphatic heterocycles. The van der Waals surface area contributed by atoms with E-state index in [4.69, 9.17) is 9.84 Å². The number of fused-ring (bicyclic) bond motifs is 3. The van der Waals surface area contributed by atoms with E-state index < -0.39 is 16.0 Å². The number of aryl methyl sites for hydroxylation is 1. The van der Waals surface area contributed by atoms with Gasteiger partial charge in [0, 0.05) is 23.3 Å². The number of sulfonamides is 1. The zero-order chi connectivity index (χ0) is 29.3. The van der Waals surface area contributed by atoms with Gasteiger partial charge in [0.15, 0.2) is 10.9 Å². The fraction of sp³-hybridized carbons (Fsp3) is 0.226. The van der Waals surface area contributed by atoms with Crippen LogP contribution in [0.25, 0.3) is 16.9 Å². The molecule has 4 aromatic rings. The number of thioether (sulfide) groups is 1. The second-order valence-electron chi connectivity index (χ2n) is 9.87. The van der Waals surface area contributed by atoms with Gasteiger partial charge in [-0.05, 0) is 55.2 Å². The second kappa shape index (κ2) is 11.6. The molecule has 42 heavy (non-hydrogen) atoms. The molecule has 1 aliphatic carbocycles. The van der Waals surface area contributed by atoms with Gasteiger partial charge in [0.25, 0.3) is 10.0 Å². The Morgan fingerprint density at radius 3 is 2.48 bits per heavy atom. The number of carbonyl (C=O) groups excluding carboxylic acids is 2. The van der Waals surface area contributed by atoms with Crippen LogP contribution < -0.4 is 0 Å². The molecule has 0 saturated carbocycles. The summed E-state index contributed by atoms with van der Waals surface area (Å²) < 4.78 is 37.7. The molecule has 2 heterocycles. The lowest BCUT2D eigenvalue weighted by molar-refractivity contribution is -0.127. The Labute approximate surface area is 248 Å². The van der Waals surface area contributed by atoms with Crippen molar-refractivity contribution in [1.29, 1.82) is 0 Å². The predicted molar refractivity (Wildman–Crippen MR) is 161 cm³/mol. The van der Waals surface area contributed by atoms with Crippen LogP contribution in [0.15, 0.2) is 88.2 Å². The number of esters is 1. The molecule has 0 radical (unpaired) electrons. The van der Waals surface area contributed by atoms with E-state index in [0.717, 1.165) is 34.4 Å². The van der Waals surface area contributed by atoms with Crippen LogP contribution in [0.1, 0.15) is 40.5 Å². The zero-order valence-electron chi connectivity index (χ0n) is 22.9. The Hall–Kier alpha value is -4.22. The Balaban J connectivity index is 1.34. The molecule has 0 bridgehead atoms.